The maximum atomic E-state index is 14.5. The second-order valence-electron chi connectivity index (χ2n) is 9.51. The van der Waals surface area contributed by atoms with E-state index >= 15 is 0 Å². The quantitative estimate of drug-likeness (QED) is 0.455. The molecule has 3 rings (SSSR count). The Kier molecular flexibility index (Phi) is 7.85. The summed E-state index contributed by atoms with van der Waals surface area (Å²) in [7, 11) is -2.70. The van der Waals surface area contributed by atoms with Gasteiger partial charge in [-0.3, -0.25) is 4.79 Å². The van der Waals surface area contributed by atoms with Gasteiger partial charge in [0, 0.05) is 17.8 Å². The lowest BCUT2D eigenvalue weighted by Gasteiger charge is -2.20. The van der Waals surface area contributed by atoms with Crippen molar-refractivity contribution < 1.29 is 27.4 Å². The monoisotopic (exact) mass is 514 g/mol. The van der Waals surface area contributed by atoms with Crippen LogP contribution in [0.5, 0.6) is 5.88 Å². The van der Waals surface area contributed by atoms with Crippen LogP contribution in [0.4, 0.5) is 4.39 Å². The summed E-state index contributed by atoms with van der Waals surface area (Å²) in [4.78, 5) is 17.1. The van der Waals surface area contributed by atoms with E-state index in [4.69, 9.17) is 4.74 Å². The van der Waals surface area contributed by atoms with Gasteiger partial charge >= 0.3 is 0 Å². The number of ether oxygens (including phenoxy) is 1. The van der Waals surface area contributed by atoms with Gasteiger partial charge in [-0.1, -0.05) is 26.0 Å². The molecule has 7 nitrogen and oxygen atoms in total. The molecular weight excluding hydrogens is 483 g/mol. The molecule has 0 bridgehead atoms. The van der Waals surface area contributed by atoms with E-state index in [1.54, 1.807) is 39.0 Å². The summed E-state index contributed by atoms with van der Waals surface area (Å²) in [6.07, 6.45) is 1.23. The lowest BCUT2D eigenvalue weighted by Crippen LogP contribution is -2.33. The average Bonchev–Trinajstić information content (AvgIpc) is 2.78. The molecule has 0 spiro atoms. The van der Waals surface area contributed by atoms with Crippen molar-refractivity contribution in [3.8, 4) is 17.0 Å². The van der Waals surface area contributed by atoms with E-state index < -0.39 is 27.3 Å². The van der Waals surface area contributed by atoms with E-state index in [2.05, 4.69) is 9.71 Å². The Morgan fingerprint density at radius 2 is 1.86 bits per heavy atom. The summed E-state index contributed by atoms with van der Waals surface area (Å²) in [6.45, 7) is 8.54. The zero-order chi connectivity index (χ0) is 26.8. The summed E-state index contributed by atoms with van der Waals surface area (Å²) < 4.78 is 47.8. The van der Waals surface area contributed by atoms with Crippen molar-refractivity contribution in [1.82, 2.24) is 9.71 Å². The second-order valence-corrected chi connectivity index (χ2v) is 11.2. The van der Waals surface area contributed by atoms with Crippen LogP contribution < -0.4 is 9.46 Å². The summed E-state index contributed by atoms with van der Waals surface area (Å²) in [6, 6.07) is 10.5. The fraction of sp³-hybridized carbons (Fsp3) is 0.333. The predicted molar refractivity (Wildman–Crippen MR) is 136 cm³/mol. The molecule has 0 aliphatic rings. The van der Waals surface area contributed by atoms with E-state index in [1.165, 1.54) is 37.6 Å². The molecule has 0 aliphatic heterocycles. The Balaban J connectivity index is 1.97. The standard InChI is InChI=1S/C27H31FN2O5S/c1-16(2)21-12-20(28)13-22(18-7-10-26(35-6)29-15-18)23(21)14-25(31)30-36(33,34)24-9-8-19(11-17(24)3)27(4,5)32/h7-13,15-16,32H,14H2,1-6H3,(H,30,31). The van der Waals surface area contributed by atoms with Crippen LogP contribution >= 0.6 is 0 Å². The van der Waals surface area contributed by atoms with Crippen LogP contribution in [-0.2, 0) is 26.8 Å². The number of methoxy groups -OCH3 is 1. The van der Waals surface area contributed by atoms with Gasteiger partial charge in [-0.05, 0) is 78.8 Å². The van der Waals surface area contributed by atoms with Crippen molar-refractivity contribution in [1.29, 1.82) is 0 Å². The summed E-state index contributed by atoms with van der Waals surface area (Å²) in [5, 5.41) is 10.2. The number of halogens is 1. The third-order valence-corrected chi connectivity index (χ3v) is 7.42. The number of benzene rings is 2. The van der Waals surface area contributed by atoms with E-state index in [9.17, 15) is 22.7 Å². The largest absolute Gasteiger partial charge is 0.481 e. The lowest BCUT2D eigenvalue weighted by atomic mass is 9.88. The summed E-state index contributed by atoms with van der Waals surface area (Å²) >= 11 is 0. The van der Waals surface area contributed by atoms with Crippen LogP contribution in [0.15, 0.2) is 53.6 Å². The fourth-order valence-electron chi connectivity index (χ4n) is 4.02. The molecule has 0 fully saturated rings. The summed E-state index contributed by atoms with van der Waals surface area (Å²) in [5.74, 6) is -0.960. The Hall–Kier alpha value is -3.30. The highest BCUT2D eigenvalue weighted by atomic mass is 32.2. The van der Waals surface area contributed by atoms with Crippen molar-refractivity contribution in [2.45, 2.75) is 57.5 Å². The molecule has 1 heterocycles. The first-order valence-corrected chi connectivity index (χ1v) is 12.9. The number of rotatable bonds is 8. The topological polar surface area (TPSA) is 106 Å². The first kappa shape index (κ1) is 27.3. The van der Waals surface area contributed by atoms with Crippen molar-refractivity contribution in [2.24, 2.45) is 0 Å². The molecule has 2 N–H and O–H groups in total. The molecule has 1 aromatic heterocycles. The van der Waals surface area contributed by atoms with Gasteiger partial charge in [-0.15, -0.1) is 0 Å². The molecule has 0 unspecified atom stereocenters. The number of aromatic nitrogens is 1. The molecule has 0 aliphatic carbocycles. The minimum absolute atomic E-state index is 0.0633. The van der Waals surface area contributed by atoms with E-state index in [-0.39, 0.29) is 17.2 Å². The van der Waals surface area contributed by atoms with Gasteiger partial charge < -0.3 is 9.84 Å². The number of amides is 1. The van der Waals surface area contributed by atoms with Crippen LogP contribution in [0, 0.1) is 12.7 Å². The van der Waals surface area contributed by atoms with Crippen molar-refractivity contribution in [2.75, 3.05) is 7.11 Å². The molecule has 1 amide bonds. The zero-order valence-electron chi connectivity index (χ0n) is 21.2. The molecule has 3 aromatic rings. The van der Waals surface area contributed by atoms with Gasteiger partial charge in [-0.2, -0.15) is 0 Å². The fourth-order valence-corrected chi connectivity index (χ4v) is 5.23. The Morgan fingerprint density at radius 1 is 1.17 bits per heavy atom. The molecule has 0 saturated heterocycles. The third-order valence-electron chi connectivity index (χ3n) is 5.88. The van der Waals surface area contributed by atoms with Gasteiger partial charge in [0.2, 0.25) is 11.8 Å². The Bertz CT molecular complexity index is 1380. The second kappa shape index (κ2) is 10.4. The molecule has 0 radical (unpaired) electrons. The number of sulfonamides is 1. The summed E-state index contributed by atoms with van der Waals surface area (Å²) in [5.41, 5.74) is 1.94. The molecular formula is C27H31FN2O5S. The number of carbonyl (C=O) groups is 1. The van der Waals surface area contributed by atoms with Gasteiger partial charge in [0.1, 0.15) is 5.82 Å². The van der Waals surface area contributed by atoms with Crippen LogP contribution in [0.2, 0.25) is 0 Å². The highest BCUT2D eigenvalue weighted by Gasteiger charge is 2.25. The number of pyridine rings is 1. The SMILES string of the molecule is COc1ccc(-c2cc(F)cc(C(C)C)c2CC(=O)NS(=O)(=O)c2ccc(C(C)(C)O)cc2C)cn1. The minimum atomic E-state index is -4.18. The van der Waals surface area contributed by atoms with Gasteiger partial charge in [0.15, 0.2) is 0 Å². The molecule has 2 aromatic carbocycles. The third kappa shape index (κ3) is 6.09. The van der Waals surface area contributed by atoms with Gasteiger partial charge in [-0.25, -0.2) is 22.5 Å². The van der Waals surface area contributed by atoms with Gasteiger partial charge in [0.05, 0.1) is 24.0 Å². The van der Waals surface area contributed by atoms with Crippen molar-refractivity contribution in [3.05, 3.63) is 76.7 Å². The van der Waals surface area contributed by atoms with Crippen LogP contribution in [0.25, 0.3) is 11.1 Å². The van der Waals surface area contributed by atoms with E-state index in [0.717, 1.165) is 0 Å². The number of hydrogen-bond donors (Lipinski definition) is 2. The molecule has 0 saturated carbocycles. The average molecular weight is 515 g/mol. The van der Waals surface area contributed by atoms with Crippen molar-refractivity contribution in [3.63, 3.8) is 0 Å². The molecule has 36 heavy (non-hydrogen) atoms. The predicted octanol–water partition coefficient (Wildman–Crippen LogP) is 4.60. The highest BCUT2D eigenvalue weighted by Crippen LogP contribution is 2.32. The highest BCUT2D eigenvalue weighted by molar-refractivity contribution is 7.90. The maximum absolute atomic E-state index is 14.5. The number of carbonyl (C=O) groups excluding carboxylic acids is 1. The molecule has 0 atom stereocenters. The number of aliphatic hydroxyl groups is 1. The first-order chi connectivity index (χ1) is 16.7. The minimum Gasteiger partial charge on any atom is -0.481 e. The van der Waals surface area contributed by atoms with Crippen LogP contribution in [0.1, 0.15) is 55.9 Å². The van der Waals surface area contributed by atoms with E-state index in [0.29, 0.717) is 39.3 Å². The normalized spacial score (nSPS) is 12.0. The molecule has 9 heteroatoms. The lowest BCUT2D eigenvalue weighted by molar-refractivity contribution is -0.118. The maximum Gasteiger partial charge on any atom is 0.264 e. The molecule has 192 valence electrons. The van der Waals surface area contributed by atoms with Crippen LogP contribution in [-0.4, -0.2) is 31.5 Å². The Morgan fingerprint density at radius 3 is 2.39 bits per heavy atom. The van der Waals surface area contributed by atoms with Crippen molar-refractivity contribution >= 4 is 15.9 Å². The zero-order valence-corrected chi connectivity index (χ0v) is 22.0. The Labute approximate surface area is 211 Å². The number of nitrogens with zero attached hydrogens (tertiary/aromatic N) is 1. The number of hydrogen-bond acceptors (Lipinski definition) is 6. The first-order valence-electron chi connectivity index (χ1n) is 11.4. The smallest absolute Gasteiger partial charge is 0.264 e. The number of nitrogens with one attached hydrogen (secondary N) is 1. The number of aryl methyl sites for hydroxylation is 1. The van der Waals surface area contributed by atoms with Crippen LogP contribution in [0.3, 0.4) is 0 Å². The van der Waals surface area contributed by atoms with E-state index in [1.807, 2.05) is 13.8 Å². The van der Waals surface area contributed by atoms with Gasteiger partial charge in [0.25, 0.3) is 10.0 Å².